The SMILES string of the molecule is COC(=O)c1c(-c2ccc(F)cc2)csc1NC(=O)c1cc(-c2ccco2)nc2ccccc12. The minimum absolute atomic E-state index is 0.206. The van der Waals surface area contributed by atoms with Crippen LogP contribution in [-0.4, -0.2) is 24.0 Å². The van der Waals surface area contributed by atoms with Gasteiger partial charge in [-0.15, -0.1) is 11.3 Å². The van der Waals surface area contributed by atoms with Crippen molar-refractivity contribution < 1.29 is 23.1 Å². The minimum Gasteiger partial charge on any atom is -0.465 e. The molecule has 6 nitrogen and oxygen atoms in total. The second-order valence-corrected chi connectivity index (χ2v) is 8.24. The predicted octanol–water partition coefficient (Wildman–Crippen LogP) is 6.40. The van der Waals surface area contributed by atoms with Crippen LogP contribution in [0.1, 0.15) is 20.7 Å². The van der Waals surface area contributed by atoms with Crippen molar-refractivity contribution in [2.24, 2.45) is 0 Å². The van der Waals surface area contributed by atoms with Gasteiger partial charge in [-0.1, -0.05) is 30.3 Å². The lowest BCUT2D eigenvalue weighted by Gasteiger charge is -2.11. The highest BCUT2D eigenvalue weighted by Crippen LogP contribution is 2.37. The summed E-state index contributed by atoms with van der Waals surface area (Å²) in [5.74, 6) is -0.871. The maximum Gasteiger partial charge on any atom is 0.341 e. The van der Waals surface area contributed by atoms with Gasteiger partial charge in [-0.25, -0.2) is 14.2 Å². The molecule has 0 atom stereocenters. The second kappa shape index (κ2) is 8.92. The van der Waals surface area contributed by atoms with Gasteiger partial charge in [-0.05, 0) is 42.0 Å². The van der Waals surface area contributed by atoms with Gasteiger partial charge in [0.15, 0.2) is 5.76 Å². The number of aromatic nitrogens is 1. The molecule has 5 rings (SSSR count). The van der Waals surface area contributed by atoms with E-state index in [1.165, 1.54) is 36.8 Å². The van der Waals surface area contributed by atoms with Crippen LogP contribution in [0.15, 0.2) is 82.8 Å². The lowest BCUT2D eigenvalue weighted by atomic mass is 10.0. The second-order valence-electron chi connectivity index (χ2n) is 7.36. The molecular weight excluding hydrogens is 455 g/mol. The fourth-order valence-electron chi connectivity index (χ4n) is 3.68. The van der Waals surface area contributed by atoms with Crippen LogP contribution in [0, 0.1) is 5.82 Å². The number of anilines is 1. The van der Waals surface area contributed by atoms with E-state index in [0.717, 1.165) is 0 Å². The van der Waals surface area contributed by atoms with Gasteiger partial charge in [-0.2, -0.15) is 0 Å². The summed E-state index contributed by atoms with van der Waals surface area (Å²) in [6.45, 7) is 0. The molecule has 0 aliphatic rings. The number of carbonyl (C=O) groups excluding carboxylic acids is 2. The highest BCUT2D eigenvalue weighted by atomic mass is 32.1. The van der Waals surface area contributed by atoms with Gasteiger partial charge in [-0.3, -0.25) is 4.79 Å². The molecular formula is C26H17FN2O4S. The first kappa shape index (κ1) is 21.5. The molecule has 0 saturated heterocycles. The first-order valence-electron chi connectivity index (χ1n) is 10.3. The topological polar surface area (TPSA) is 81.4 Å². The molecule has 0 aliphatic carbocycles. The first-order chi connectivity index (χ1) is 16.5. The highest BCUT2D eigenvalue weighted by molar-refractivity contribution is 7.15. The fourth-order valence-corrected chi connectivity index (χ4v) is 4.63. The number of nitrogens with zero attached hydrogens (tertiary/aromatic N) is 1. The molecule has 0 fully saturated rings. The molecule has 3 aromatic heterocycles. The number of pyridine rings is 1. The highest BCUT2D eigenvalue weighted by Gasteiger charge is 2.24. The van der Waals surface area contributed by atoms with Gasteiger partial charge in [0.1, 0.15) is 22.1 Å². The fraction of sp³-hybridized carbons (Fsp3) is 0.0385. The molecule has 34 heavy (non-hydrogen) atoms. The smallest absolute Gasteiger partial charge is 0.341 e. The maximum absolute atomic E-state index is 13.4. The van der Waals surface area contributed by atoms with E-state index in [2.05, 4.69) is 10.3 Å². The molecule has 3 heterocycles. The van der Waals surface area contributed by atoms with Gasteiger partial charge < -0.3 is 14.5 Å². The van der Waals surface area contributed by atoms with Crippen molar-refractivity contribution in [1.82, 2.24) is 4.98 Å². The third kappa shape index (κ3) is 3.95. The standard InChI is InChI=1S/C26H17FN2O4S/c1-32-26(31)23-19(15-8-10-16(27)11-9-15)14-34-25(23)29-24(30)18-13-21(22-7-4-12-33-22)28-20-6-3-2-5-17(18)20/h2-14H,1H3,(H,29,30). The number of halogens is 1. The molecule has 8 heteroatoms. The van der Waals surface area contributed by atoms with Crippen LogP contribution in [0.4, 0.5) is 9.39 Å². The van der Waals surface area contributed by atoms with Crippen LogP contribution in [0.3, 0.4) is 0 Å². The zero-order valence-electron chi connectivity index (χ0n) is 17.9. The number of hydrogen-bond acceptors (Lipinski definition) is 6. The average molecular weight is 472 g/mol. The van der Waals surface area contributed by atoms with Crippen LogP contribution in [0.25, 0.3) is 33.5 Å². The van der Waals surface area contributed by atoms with Crippen LogP contribution < -0.4 is 5.32 Å². The number of ether oxygens (including phenoxy) is 1. The molecule has 1 N–H and O–H groups in total. The number of furan rings is 1. The predicted molar refractivity (Wildman–Crippen MR) is 128 cm³/mol. The van der Waals surface area contributed by atoms with Crippen molar-refractivity contribution in [2.45, 2.75) is 0 Å². The van der Waals surface area contributed by atoms with Gasteiger partial charge in [0.2, 0.25) is 0 Å². The summed E-state index contributed by atoms with van der Waals surface area (Å²) in [6.07, 6.45) is 1.54. The van der Waals surface area contributed by atoms with Gasteiger partial charge >= 0.3 is 5.97 Å². The number of para-hydroxylation sites is 1. The van der Waals surface area contributed by atoms with E-state index in [-0.39, 0.29) is 11.4 Å². The summed E-state index contributed by atoms with van der Waals surface area (Å²) in [5, 5.41) is 5.57. The summed E-state index contributed by atoms with van der Waals surface area (Å²) in [7, 11) is 1.27. The Bertz CT molecular complexity index is 1510. The molecule has 0 aliphatic heterocycles. The third-order valence-corrected chi connectivity index (χ3v) is 6.19. The molecule has 1 amide bonds. The van der Waals surface area contributed by atoms with Gasteiger partial charge in [0.05, 0.1) is 24.5 Å². The van der Waals surface area contributed by atoms with Gasteiger partial charge in [0.25, 0.3) is 5.91 Å². The lowest BCUT2D eigenvalue weighted by Crippen LogP contribution is -2.15. The molecule has 0 unspecified atom stereocenters. The molecule has 0 bridgehead atoms. The Morgan fingerprint density at radius 2 is 1.85 bits per heavy atom. The Kier molecular flexibility index (Phi) is 5.65. The number of rotatable bonds is 5. The van der Waals surface area contributed by atoms with E-state index in [9.17, 15) is 14.0 Å². The Morgan fingerprint density at radius 3 is 2.59 bits per heavy atom. The molecule has 5 aromatic rings. The van der Waals surface area contributed by atoms with E-state index in [1.807, 2.05) is 24.3 Å². The van der Waals surface area contributed by atoms with Crippen molar-refractivity contribution in [1.29, 1.82) is 0 Å². The number of amides is 1. The van der Waals surface area contributed by atoms with Crippen molar-refractivity contribution in [2.75, 3.05) is 12.4 Å². The largest absolute Gasteiger partial charge is 0.465 e. The van der Waals surface area contributed by atoms with Crippen LogP contribution >= 0.6 is 11.3 Å². The van der Waals surface area contributed by atoms with Crippen molar-refractivity contribution in [3.63, 3.8) is 0 Å². The normalized spacial score (nSPS) is 10.9. The summed E-state index contributed by atoms with van der Waals surface area (Å²) in [6, 6.07) is 18.2. The van der Waals surface area contributed by atoms with E-state index in [1.54, 1.807) is 35.7 Å². The van der Waals surface area contributed by atoms with Crippen LogP contribution in [0.2, 0.25) is 0 Å². The van der Waals surface area contributed by atoms with Crippen molar-refractivity contribution >= 4 is 39.1 Å². The molecule has 2 aromatic carbocycles. The van der Waals surface area contributed by atoms with E-state index in [4.69, 9.17) is 9.15 Å². The first-order valence-corrected chi connectivity index (χ1v) is 11.1. The Labute approximate surface area is 197 Å². The van der Waals surface area contributed by atoms with E-state index >= 15 is 0 Å². The number of nitrogens with one attached hydrogen (secondary N) is 1. The number of thiophene rings is 1. The number of hydrogen-bond donors (Lipinski definition) is 1. The van der Waals surface area contributed by atoms with Crippen LogP contribution in [-0.2, 0) is 4.74 Å². The van der Waals surface area contributed by atoms with Gasteiger partial charge in [0, 0.05) is 16.3 Å². The average Bonchev–Trinajstić information content (AvgIpc) is 3.54. The quantitative estimate of drug-likeness (QED) is 0.299. The lowest BCUT2D eigenvalue weighted by molar-refractivity contribution is 0.0603. The van der Waals surface area contributed by atoms with Crippen molar-refractivity contribution in [3.8, 4) is 22.6 Å². The summed E-state index contributed by atoms with van der Waals surface area (Å²) in [5.41, 5.74) is 2.91. The number of fused-ring (bicyclic) bond motifs is 1. The zero-order chi connectivity index (χ0) is 23.7. The Hall–Kier alpha value is -4.30. The zero-order valence-corrected chi connectivity index (χ0v) is 18.7. The molecule has 168 valence electrons. The maximum atomic E-state index is 13.4. The summed E-state index contributed by atoms with van der Waals surface area (Å²) in [4.78, 5) is 30.7. The molecule has 0 radical (unpaired) electrons. The number of benzene rings is 2. The minimum atomic E-state index is -0.605. The van der Waals surface area contributed by atoms with E-state index < -0.39 is 11.9 Å². The molecule has 0 spiro atoms. The monoisotopic (exact) mass is 472 g/mol. The number of esters is 1. The van der Waals surface area contributed by atoms with Crippen LogP contribution in [0.5, 0.6) is 0 Å². The number of carbonyl (C=O) groups is 2. The van der Waals surface area contributed by atoms with E-state index in [0.29, 0.717) is 44.0 Å². The molecule has 0 saturated carbocycles. The summed E-state index contributed by atoms with van der Waals surface area (Å²) >= 11 is 1.19. The summed E-state index contributed by atoms with van der Waals surface area (Å²) < 4.78 is 23.8. The Balaban J connectivity index is 1.58. The number of methoxy groups -OCH3 is 1. The van der Waals surface area contributed by atoms with Crippen molar-refractivity contribution in [3.05, 3.63) is 95.3 Å². The third-order valence-electron chi connectivity index (χ3n) is 5.30. The Morgan fingerprint density at radius 1 is 1.06 bits per heavy atom.